The minimum Gasteiger partial charge on any atom is -0.388 e. The lowest BCUT2D eigenvalue weighted by atomic mass is 10.1. The van der Waals surface area contributed by atoms with Crippen LogP contribution >= 0.6 is 11.6 Å². The number of benzene rings is 1. The minimum atomic E-state index is -0.816. The molecule has 1 rings (SSSR count). The van der Waals surface area contributed by atoms with Crippen molar-refractivity contribution in [3.05, 3.63) is 34.9 Å². The molecule has 1 aromatic carbocycles. The minimum absolute atomic E-state index is 0.394. The Morgan fingerprint density at radius 3 is 2.42 bits per heavy atom. The number of hydrogen-bond acceptors (Lipinski definition) is 4. The molecule has 0 heterocycles. The Morgan fingerprint density at radius 2 is 1.89 bits per heavy atom. The summed E-state index contributed by atoms with van der Waals surface area (Å²) < 4.78 is 0. The number of nitrogens with one attached hydrogen (secondary N) is 1. The summed E-state index contributed by atoms with van der Waals surface area (Å²) in [6, 6.07) is 7.10. The number of hydrogen-bond donors (Lipinski definition) is 3. The Hall–Kier alpha value is -0.650. The lowest BCUT2D eigenvalue weighted by Crippen LogP contribution is -2.46. The van der Waals surface area contributed by atoms with Crippen LogP contribution in [-0.2, 0) is 0 Å². The van der Waals surface area contributed by atoms with Gasteiger partial charge in [0.2, 0.25) is 0 Å². The number of rotatable bonds is 7. The van der Waals surface area contributed by atoms with E-state index in [0.717, 1.165) is 5.56 Å². The molecular formula is C14H23ClN2O2. The van der Waals surface area contributed by atoms with Crippen LogP contribution in [0.5, 0.6) is 0 Å². The molecule has 0 bridgehead atoms. The predicted molar refractivity (Wildman–Crippen MR) is 78.5 cm³/mol. The molecule has 0 saturated carbocycles. The molecule has 0 amide bonds. The van der Waals surface area contributed by atoms with Gasteiger partial charge in [0.05, 0.1) is 11.7 Å². The summed E-state index contributed by atoms with van der Waals surface area (Å²) in [5.41, 5.74) is -0.00685. The van der Waals surface area contributed by atoms with Crippen molar-refractivity contribution in [2.45, 2.75) is 18.6 Å². The molecule has 2 atom stereocenters. The fourth-order valence-electron chi connectivity index (χ4n) is 2.02. The van der Waals surface area contributed by atoms with Gasteiger partial charge < -0.3 is 20.4 Å². The van der Waals surface area contributed by atoms with Gasteiger partial charge in [-0.15, -0.1) is 0 Å². The average molecular weight is 287 g/mol. The zero-order valence-electron chi connectivity index (χ0n) is 11.7. The van der Waals surface area contributed by atoms with Crippen LogP contribution in [0.15, 0.2) is 24.3 Å². The summed E-state index contributed by atoms with van der Waals surface area (Å²) in [4.78, 5) is 1.93. The molecule has 0 saturated heterocycles. The van der Waals surface area contributed by atoms with Gasteiger partial charge in [-0.1, -0.05) is 23.7 Å². The van der Waals surface area contributed by atoms with E-state index in [1.807, 2.05) is 19.0 Å². The second-order valence-electron chi connectivity index (χ2n) is 5.43. The van der Waals surface area contributed by atoms with Gasteiger partial charge in [0.15, 0.2) is 0 Å². The Balaban J connectivity index is 2.38. The number of aliphatic hydroxyl groups is 2. The first-order valence-corrected chi connectivity index (χ1v) is 6.69. The van der Waals surface area contributed by atoms with E-state index in [1.165, 1.54) is 0 Å². The zero-order chi connectivity index (χ0) is 14.5. The van der Waals surface area contributed by atoms with Crippen molar-refractivity contribution in [3.63, 3.8) is 0 Å². The molecule has 5 heteroatoms. The Morgan fingerprint density at radius 1 is 1.32 bits per heavy atom. The van der Waals surface area contributed by atoms with Crippen LogP contribution in [0.3, 0.4) is 0 Å². The summed E-state index contributed by atoms with van der Waals surface area (Å²) >= 11 is 5.79. The van der Waals surface area contributed by atoms with E-state index < -0.39 is 11.7 Å². The van der Waals surface area contributed by atoms with Crippen molar-refractivity contribution in [1.29, 1.82) is 0 Å². The maximum Gasteiger partial charge on any atom is 0.0914 e. The lowest BCUT2D eigenvalue weighted by Gasteiger charge is -2.27. The van der Waals surface area contributed by atoms with Gasteiger partial charge >= 0.3 is 0 Å². The van der Waals surface area contributed by atoms with Crippen molar-refractivity contribution in [1.82, 2.24) is 10.2 Å². The van der Waals surface area contributed by atoms with Crippen LogP contribution in [0, 0.1) is 0 Å². The van der Waals surface area contributed by atoms with Crippen LogP contribution in [0.2, 0.25) is 5.02 Å². The van der Waals surface area contributed by atoms with Crippen molar-refractivity contribution in [2.75, 3.05) is 33.7 Å². The number of halogens is 1. The van der Waals surface area contributed by atoms with E-state index in [0.29, 0.717) is 24.7 Å². The number of likely N-dealkylation sites (N-methyl/N-ethyl adjacent to an activating group) is 1. The molecule has 19 heavy (non-hydrogen) atoms. The summed E-state index contributed by atoms with van der Waals surface area (Å²) in [5, 5.41) is 23.8. The van der Waals surface area contributed by atoms with Gasteiger partial charge in [0.1, 0.15) is 0 Å². The molecule has 108 valence electrons. The highest BCUT2D eigenvalue weighted by molar-refractivity contribution is 6.30. The molecule has 2 unspecified atom stereocenters. The summed E-state index contributed by atoms with van der Waals surface area (Å²) in [7, 11) is 3.83. The van der Waals surface area contributed by atoms with Crippen molar-refractivity contribution in [2.24, 2.45) is 0 Å². The van der Waals surface area contributed by atoms with E-state index in [4.69, 9.17) is 11.6 Å². The third-order valence-corrected chi connectivity index (χ3v) is 3.01. The molecule has 0 aliphatic carbocycles. The van der Waals surface area contributed by atoms with Gasteiger partial charge in [0, 0.05) is 24.7 Å². The standard InChI is InChI=1S/C14H23ClN2O2/c1-14(19,10-17(2)3)9-16-8-13(18)11-4-6-12(15)7-5-11/h4-7,13,16,18-19H,8-10H2,1-3H3. The Bertz CT molecular complexity index is 380. The first-order chi connectivity index (χ1) is 8.80. The van der Waals surface area contributed by atoms with Gasteiger partial charge in [-0.05, 0) is 38.7 Å². The number of nitrogens with zero attached hydrogens (tertiary/aromatic N) is 1. The summed E-state index contributed by atoms with van der Waals surface area (Å²) in [6.07, 6.45) is -0.604. The largest absolute Gasteiger partial charge is 0.388 e. The highest BCUT2D eigenvalue weighted by Gasteiger charge is 2.21. The zero-order valence-corrected chi connectivity index (χ0v) is 12.5. The number of aliphatic hydroxyl groups excluding tert-OH is 1. The molecule has 3 N–H and O–H groups in total. The highest BCUT2D eigenvalue weighted by atomic mass is 35.5. The van der Waals surface area contributed by atoms with Crippen LogP contribution < -0.4 is 5.32 Å². The van der Waals surface area contributed by atoms with Gasteiger partial charge in [-0.2, -0.15) is 0 Å². The molecule has 0 radical (unpaired) electrons. The van der Waals surface area contributed by atoms with Gasteiger partial charge in [-0.3, -0.25) is 0 Å². The van der Waals surface area contributed by atoms with Crippen LogP contribution in [0.4, 0.5) is 0 Å². The second-order valence-corrected chi connectivity index (χ2v) is 5.87. The van der Waals surface area contributed by atoms with Crippen LogP contribution in [0.1, 0.15) is 18.6 Å². The topological polar surface area (TPSA) is 55.7 Å². The van der Waals surface area contributed by atoms with E-state index in [9.17, 15) is 10.2 Å². The molecule has 0 aromatic heterocycles. The SMILES string of the molecule is CN(C)CC(C)(O)CNCC(O)c1ccc(Cl)cc1. The maximum absolute atomic E-state index is 10.1. The van der Waals surface area contributed by atoms with Crippen LogP contribution in [-0.4, -0.2) is 54.4 Å². The lowest BCUT2D eigenvalue weighted by molar-refractivity contribution is 0.0308. The fraction of sp³-hybridized carbons (Fsp3) is 0.571. The molecule has 4 nitrogen and oxygen atoms in total. The predicted octanol–water partition coefficient (Wildman–Crippen LogP) is 1.28. The second kappa shape index (κ2) is 7.22. The smallest absolute Gasteiger partial charge is 0.0914 e. The molecule has 0 spiro atoms. The molecule has 0 fully saturated rings. The third kappa shape index (κ3) is 6.36. The first kappa shape index (κ1) is 16.4. The molecular weight excluding hydrogens is 264 g/mol. The van der Waals surface area contributed by atoms with E-state index >= 15 is 0 Å². The van der Waals surface area contributed by atoms with Crippen molar-refractivity contribution < 1.29 is 10.2 Å². The Kier molecular flexibility index (Phi) is 6.23. The summed E-state index contributed by atoms with van der Waals surface area (Å²) in [6.45, 7) is 3.16. The molecule has 0 aliphatic rings. The van der Waals surface area contributed by atoms with Crippen LogP contribution in [0.25, 0.3) is 0 Å². The van der Waals surface area contributed by atoms with Crippen molar-refractivity contribution >= 4 is 11.6 Å². The van der Waals surface area contributed by atoms with E-state index in [-0.39, 0.29) is 0 Å². The quantitative estimate of drug-likeness (QED) is 0.707. The van der Waals surface area contributed by atoms with Crippen molar-refractivity contribution in [3.8, 4) is 0 Å². The molecule has 1 aromatic rings. The van der Waals surface area contributed by atoms with E-state index in [2.05, 4.69) is 5.32 Å². The Labute approximate surface area is 120 Å². The summed E-state index contributed by atoms with van der Waals surface area (Å²) in [5.74, 6) is 0. The normalized spacial score (nSPS) is 16.4. The maximum atomic E-state index is 10.1. The molecule has 0 aliphatic heterocycles. The fourth-order valence-corrected chi connectivity index (χ4v) is 2.14. The monoisotopic (exact) mass is 286 g/mol. The van der Waals surface area contributed by atoms with Gasteiger partial charge in [0.25, 0.3) is 0 Å². The van der Waals surface area contributed by atoms with Gasteiger partial charge in [-0.25, -0.2) is 0 Å². The average Bonchev–Trinajstić information content (AvgIpc) is 2.27. The van der Waals surface area contributed by atoms with E-state index in [1.54, 1.807) is 31.2 Å². The first-order valence-electron chi connectivity index (χ1n) is 6.31. The highest BCUT2D eigenvalue weighted by Crippen LogP contribution is 2.15. The third-order valence-electron chi connectivity index (χ3n) is 2.76.